The van der Waals surface area contributed by atoms with Crippen molar-refractivity contribution in [2.75, 3.05) is 0 Å². The number of nitrogens with zero attached hydrogens (tertiary/aromatic N) is 2. The number of nitro groups is 1. The molecule has 0 spiro atoms. The Morgan fingerprint density at radius 1 is 1.15 bits per heavy atom. The van der Waals surface area contributed by atoms with Crippen molar-refractivity contribution in [2.45, 2.75) is 18.0 Å². The molecule has 1 aliphatic heterocycles. The van der Waals surface area contributed by atoms with Crippen LogP contribution in [0.5, 0.6) is 0 Å². The number of hydrogen-bond acceptors (Lipinski definition) is 5. The molecule has 0 aliphatic carbocycles. The van der Waals surface area contributed by atoms with Crippen LogP contribution in [-0.4, -0.2) is 17.6 Å². The predicted octanol–water partition coefficient (Wildman–Crippen LogP) is 2.36. The third-order valence-corrected chi connectivity index (χ3v) is 5.94. The Kier molecular flexibility index (Phi) is 3.08. The van der Waals surface area contributed by atoms with Crippen LogP contribution in [0.15, 0.2) is 40.6 Å². The second kappa shape index (κ2) is 4.65. The summed E-state index contributed by atoms with van der Waals surface area (Å²) in [6.07, 6.45) is 0. The van der Waals surface area contributed by atoms with Gasteiger partial charge in [0.25, 0.3) is 5.69 Å². The molecule has 0 atom stereocenters. The summed E-state index contributed by atoms with van der Waals surface area (Å²) in [5.41, 5.74) is 0.907. The van der Waals surface area contributed by atoms with E-state index in [4.69, 9.17) is 0 Å². The fourth-order valence-electron chi connectivity index (χ4n) is 2.11. The first-order chi connectivity index (χ1) is 9.48. The lowest BCUT2D eigenvalue weighted by Gasteiger charge is -2.15. The Labute approximate surface area is 119 Å². The first-order valence-corrected chi connectivity index (χ1v) is 8.10. The molecule has 104 valence electrons. The molecule has 2 aromatic rings. The number of nitro benzene ring substituents is 1. The van der Waals surface area contributed by atoms with E-state index in [1.165, 1.54) is 39.9 Å². The summed E-state index contributed by atoms with van der Waals surface area (Å²) in [7, 11) is -3.60. The minimum Gasteiger partial charge on any atom is -0.258 e. The zero-order chi connectivity index (χ0) is 14.3. The van der Waals surface area contributed by atoms with Gasteiger partial charge in [0.15, 0.2) is 0 Å². The summed E-state index contributed by atoms with van der Waals surface area (Å²) >= 11 is 1.54. The maximum Gasteiger partial charge on any atom is 0.269 e. The Morgan fingerprint density at radius 3 is 2.45 bits per heavy atom. The van der Waals surface area contributed by atoms with Crippen LogP contribution in [0.25, 0.3) is 0 Å². The molecule has 1 aliphatic rings. The molecule has 0 N–H and O–H groups in total. The van der Waals surface area contributed by atoms with Gasteiger partial charge in [-0.3, -0.25) is 10.1 Å². The third-order valence-electron chi connectivity index (χ3n) is 3.19. The van der Waals surface area contributed by atoms with Gasteiger partial charge in [0.05, 0.1) is 9.82 Å². The van der Waals surface area contributed by atoms with E-state index >= 15 is 0 Å². The fraction of sp³-hybridized carbons (Fsp3) is 0.167. The first kappa shape index (κ1) is 13.2. The van der Waals surface area contributed by atoms with E-state index in [1.54, 1.807) is 0 Å². The average molecular weight is 310 g/mol. The lowest BCUT2D eigenvalue weighted by molar-refractivity contribution is -0.384. The van der Waals surface area contributed by atoms with E-state index in [0.29, 0.717) is 13.1 Å². The highest BCUT2D eigenvalue weighted by atomic mass is 32.2. The summed E-state index contributed by atoms with van der Waals surface area (Å²) in [5, 5.41) is 12.5. The summed E-state index contributed by atoms with van der Waals surface area (Å²) in [4.78, 5) is 11.2. The minimum absolute atomic E-state index is 0.0817. The molecule has 2 heterocycles. The van der Waals surface area contributed by atoms with Gasteiger partial charge in [-0.05, 0) is 29.1 Å². The molecule has 0 unspecified atom stereocenters. The number of fused-ring (bicyclic) bond motifs is 1. The van der Waals surface area contributed by atoms with Gasteiger partial charge in [-0.1, -0.05) is 0 Å². The first-order valence-electron chi connectivity index (χ1n) is 5.78. The van der Waals surface area contributed by atoms with Gasteiger partial charge in [0.2, 0.25) is 10.0 Å². The highest BCUT2D eigenvalue weighted by Gasteiger charge is 2.31. The molecule has 0 radical (unpaired) electrons. The molecule has 0 bridgehead atoms. The van der Waals surface area contributed by atoms with Crippen LogP contribution in [0.1, 0.15) is 10.4 Å². The SMILES string of the molecule is O=[N+]([O-])c1ccc(S(=O)(=O)N2Cc3ccsc3C2)cc1. The monoisotopic (exact) mass is 310 g/mol. The number of sulfonamides is 1. The highest BCUT2D eigenvalue weighted by molar-refractivity contribution is 7.89. The molecule has 0 saturated carbocycles. The third kappa shape index (κ3) is 2.11. The van der Waals surface area contributed by atoms with E-state index in [9.17, 15) is 18.5 Å². The summed E-state index contributed by atoms with van der Waals surface area (Å²) < 4.78 is 26.3. The van der Waals surface area contributed by atoms with Gasteiger partial charge in [0.1, 0.15) is 0 Å². The number of thiophene rings is 1. The molecule has 8 heteroatoms. The van der Waals surface area contributed by atoms with E-state index in [0.717, 1.165) is 10.4 Å². The standard InChI is InChI=1S/C12H10N2O4S2/c15-14(16)10-1-3-11(4-2-10)20(17,18)13-7-9-5-6-19-12(9)8-13/h1-6H,7-8H2. The second-order valence-corrected chi connectivity index (χ2v) is 7.33. The van der Waals surface area contributed by atoms with Crippen molar-refractivity contribution in [3.05, 3.63) is 56.3 Å². The van der Waals surface area contributed by atoms with E-state index in [-0.39, 0.29) is 10.6 Å². The lowest BCUT2D eigenvalue weighted by Crippen LogP contribution is -2.25. The van der Waals surface area contributed by atoms with Crippen molar-refractivity contribution in [3.8, 4) is 0 Å². The van der Waals surface area contributed by atoms with Crippen molar-refractivity contribution < 1.29 is 13.3 Å². The Morgan fingerprint density at radius 2 is 1.85 bits per heavy atom. The van der Waals surface area contributed by atoms with Gasteiger partial charge < -0.3 is 0 Å². The van der Waals surface area contributed by atoms with Crippen LogP contribution < -0.4 is 0 Å². The molecule has 20 heavy (non-hydrogen) atoms. The lowest BCUT2D eigenvalue weighted by atomic mass is 10.3. The number of hydrogen-bond donors (Lipinski definition) is 0. The van der Waals surface area contributed by atoms with Crippen LogP contribution in [0, 0.1) is 10.1 Å². The zero-order valence-corrected chi connectivity index (χ0v) is 11.9. The smallest absolute Gasteiger partial charge is 0.258 e. The maximum absolute atomic E-state index is 12.4. The van der Waals surface area contributed by atoms with Crippen LogP contribution in [0.3, 0.4) is 0 Å². The molecule has 6 nitrogen and oxygen atoms in total. The molecule has 3 rings (SSSR count). The van der Waals surface area contributed by atoms with Gasteiger partial charge in [-0.15, -0.1) is 11.3 Å². The molecule has 0 amide bonds. The average Bonchev–Trinajstić information content (AvgIpc) is 2.99. The van der Waals surface area contributed by atoms with Crippen molar-refractivity contribution in [2.24, 2.45) is 0 Å². The van der Waals surface area contributed by atoms with Gasteiger partial charge >= 0.3 is 0 Å². The van der Waals surface area contributed by atoms with Crippen molar-refractivity contribution in [3.63, 3.8) is 0 Å². The highest BCUT2D eigenvalue weighted by Crippen LogP contribution is 2.32. The molecule has 1 aromatic carbocycles. The van der Waals surface area contributed by atoms with E-state index < -0.39 is 14.9 Å². The van der Waals surface area contributed by atoms with Gasteiger partial charge in [0, 0.05) is 30.1 Å². The van der Waals surface area contributed by atoms with Crippen molar-refractivity contribution in [1.82, 2.24) is 4.31 Å². The maximum atomic E-state index is 12.4. The Hall–Kier alpha value is -1.77. The molecular formula is C12H10N2O4S2. The van der Waals surface area contributed by atoms with Crippen LogP contribution >= 0.6 is 11.3 Å². The number of non-ortho nitro benzene ring substituents is 1. The zero-order valence-electron chi connectivity index (χ0n) is 10.2. The Bertz CT molecular complexity index is 745. The molecule has 1 aromatic heterocycles. The number of benzene rings is 1. The van der Waals surface area contributed by atoms with E-state index in [1.807, 2.05) is 11.4 Å². The minimum atomic E-state index is -3.60. The fourth-order valence-corrected chi connectivity index (χ4v) is 4.49. The normalized spacial score (nSPS) is 15.2. The topological polar surface area (TPSA) is 80.5 Å². The van der Waals surface area contributed by atoms with Crippen LogP contribution in [0.2, 0.25) is 0 Å². The van der Waals surface area contributed by atoms with Crippen LogP contribution in [-0.2, 0) is 23.1 Å². The van der Waals surface area contributed by atoms with Gasteiger partial charge in [-0.2, -0.15) is 4.31 Å². The predicted molar refractivity (Wildman–Crippen MR) is 73.8 cm³/mol. The summed E-state index contributed by atoms with van der Waals surface area (Å²) in [6.45, 7) is 0.727. The Balaban J connectivity index is 1.89. The van der Waals surface area contributed by atoms with Crippen LogP contribution in [0.4, 0.5) is 5.69 Å². The molecule has 0 saturated heterocycles. The van der Waals surface area contributed by atoms with E-state index in [2.05, 4.69) is 0 Å². The molecular weight excluding hydrogens is 300 g/mol. The van der Waals surface area contributed by atoms with Gasteiger partial charge in [-0.25, -0.2) is 8.42 Å². The van der Waals surface area contributed by atoms with Crippen molar-refractivity contribution >= 4 is 27.0 Å². The second-order valence-electron chi connectivity index (χ2n) is 4.39. The molecule has 0 fully saturated rings. The number of rotatable bonds is 3. The summed E-state index contributed by atoms with van der Waals surface area (Å²) in [6, 6.07) is 6.89. The largest absolute Gasteiger partial charge is 0.269 e. The van der Waals surface area contributed by atoms with Crippen molar-refractivity contribution in [1.29, 1.82) is 0 Å². The summed E-state index contributed by atoms with van der Waals surface area (Å²) in [5.74, 6) is 0. The quantitative estimate of drug-likeness (QED) is 0.644.